The summed E-state index contributed by atoms with van der Waals surface area (Å²) in [6.45, 7) is 3.03. The van der Waals surface area contributed by atoms with Gasteiger partial charge in [-0.05, 0) is 16.7 Å². The molecule has 0 aliphatic carbocycles. The molecule has 2 aliphatic rings. The molecule has 1 saturated heterocycles. The van der Waals surface area contributed by atoms with E-state index in [1.165, 1.54) is 18.2 Å². The van der Waals surface area contributed by atoms with Gasteiger partial charge in [0.1, 0.15) is 6.04 Å². The lowest BCUT2D eigenvalue weighted by Crippen LogP contribution is -2.57. The van der Waals surface area contributed by atoms with Gasteiger partial charge in [0, 0.05) is 26.2 Å². The summed E-state index contributed by atoms with van der Waals surface area (Å²) in [6.07, 6.45) is 0. The molecule has 0 bridgehead atoms. The molecule has 1 amide bonds. The lowest BCUT2D eigenvalue weighted by molar-refractivity contribution is -0.151. The summed E-state index contributed by atoms with van der Waals surface area (Å²) < 4.78 is 4.93. The molecule has 0 saturated carbocycles. The Morgan fingerprint density at radius 2 is 1.39 bits per heavy atom. The second-order valence-electron chi connectivity index (χ2n) is 9.05. The van der Waals surface area contributed by atoms with Crippen molar-refractivity contribution in [2.75, 3.05) is 33.3 Å². The van der Waals surface area contributed by atoms with Crippen molar-refractivity contribution in [3.05, 3.63) is 108 Å². The number of aliphatic imine (C=N–C) groups is 1. The SMILES string of the molecule is COC(=O)[C@@H]1C(=O)NC(N2CCN(C(c3ccccc3)c3ccccc3)CC2)=N[C@H]1c1ccccc1. The molecule has 0 radical (unpaired) electrons. The van der Waals surface area contributed by atoms with E-state index in [0.29, 0.717) is 19.0 Å². The van der Waals surface area contributed by atoms with Crippen LogP contribution >= 0.6 is 0 Å². The van der Waals surface area contributed by atoms with Gasteiger partial charge in [-0.25, -0.2) is 4.99 Å². The van der Waals surface area contributed by atoms with Crippen LogP contribution in [0.2, 0.25) is 0 Å². The second-order valence-corrected chi connectivity index (χ2v) is 9.05. The zero-order valence-electron chi connectivity index (χ0n) is 20.3. The van der Waals surface area contributed by atoms with Gasteiger partial charge in [-0.3, -0.25) is 19.8 Å². The summed E-state index contributed by atoms with van der Waals surface area (Å²) in [4.78, 5) is 34.9. The number of nitrogens with one attached hydrogen (secondary N) is 1. The molecule has 0 aromatic heterocycles. The molecular weight excluding hydrogens is 452 g/mol. The molecule has 0 unspecified atom stereocenters. The van der Waals surface area contributed by atoms with E-state index in [4.69, 9.17) is 9.73 Å². The van der Waals surface area contributed by atoms with Gasteiger partial charge < -0.3 is 9.64 Å². The topological polar surface area (TPSA) is 74.2 Å². The summed E-state index contributed by atoms with van der Waals surface area (Å²) in [6, 6.07) is 30.1. The molecule has 1 fully saturated rings. The van der Waals surface area contributed by atoms with Crippen LogP contribution in [0, 0.1) is 5.92 Å². The van der Waals surface area contributed by atoms with E-state index >= 15 is 0 Å². The second kappa shape index (κ2) is 10.7. The molecule has 2 heterocycles. The van der Waals surface area contributed by atoms with E-state index in [1.54, 1.807) is 0 Å². The quantitative estimate of drug-likeness (QED) is 0.446. The van der Waals surface area contributed by atoms with Crippen LogP contribution in [0.25, 0.3) is 0 Å². The highest BCUT2D eigenvalue weighted by Crippen LogP contribution is 2.32. The summed E-state index contributed by atoms with van der Waals surface area (Å²) in [5.74, 6) is -1.45. The molecule has 7 heteroatoms. The molecule has 1 N–H and O–H groups in total. The van der Waals surface area contributed by atoms with E-state index < -0.39 is 17.9 Å². The summed E-state index contributed by atoms with van der Waals surface area (Å²) in [5, 5.41) is 2.88. The Morgan fingerprint density at radius 3 is 1.92 bits per heavy atom. The number of rotatable bonds is 5. The minimum Gasteiger partial charge on any atom is -0.468 e. The number of carbonyl (C=O) groups is 2. The van der Waals surface area contributed by atoms with Crippen LogP contribution in [0.3, 0.4) is 0 Å². The van der Waals surface area contributed by atoms with Crippen LogP contribution in [0.15, 0.2) is 96.0 Å². The van der Waals surface area contributed by atoms with E-state index in [1.807, 2.05) is 42.5 Å². The maximum Gasteiger partial charge on any atom is 0.320 e. The Kier molecular flexibility index (Phi) is 7.09. The molecule has 2 aliphatic heterocycles. The van der Waals surface area contributed by atoms with Gasteiger partial charge in [0.15, 0.2) is 5.92 Å². The molecule has 36 heavy (non-hydrogen) atoms. The lowest BCUT2D eigenvalue weighted by Gasteiger charge is -2.42. The number of carbonyl (C=O) groups excluding carboxylic acids is 2. The van der Waals surface area contributed by atoms with Gasteiger partial charge in [0.2, 0.25) is 11.9 Å². The summed E-state index contributed by atoms with van der Waals surface area (Å²) in [5.41, 5.74) is 3.32. The maximum absolute atomic E-state index is 13.0. The van der Waals surface area contributed by atoms with Crippen molar-refractivity contribution >= 4 is 17.8 Å². The summed E-state index contributed by atoms with van der Waals surface area (Å²) >= 11 is 0. The van der Waals surface area contributed by atoms with E-state index in [9.17, 15) is 9.59 Å². The Bertz CT molecular complexity index is 1170. The first-order chi connectivity index (χ1) is 17.7. The first kappa shape index (κ1) is 23.8. The highest BCUT2D eigenvalue weighted by atomic mass is 16.5. The Labute approximate surface area is 211 Å². The number of benzene rings is 3. The molecule has 7 nitrogen and oxygen atoms in total. The van der Waals surface area contributed by atoms with Crippen molar-refractivity contribution < 1.29 is 14.3 Å². The highest BCUT2D eigenvalue weighted by molar-refractivity contribution is 6.08. The average Bonchev–Trinajstić information content (AvgIpc) is 2.94. The van der Waals surface area contributed by atoms with Crippen molar-refractivity contribution in [3.8, 4) is 0 Å². The fourth-order valence-electron chi connectivity index (χ4n) is 5.09. The molecular formula is C29H30N4O3. The van der Waals surface area contributed by atoms with Gasteiger partial charge in [-0.15, -0.1) is 0 Å². The van der Waals surface area contributed by atoms with Gasteiger partial charge in [-0.2, -0.15) is 0 Å². The van der Waals surface area contributed by atoms with Gasteiger partial charge in [0.05, 0.1) is 13.2 Å². The number of ether oxygens (including phenoxy) is 1. The first-order valence-corrected chi connectivity index (χ1v) is 12.3. The predicted octanol–water partition coefficient (Wildman–Crippen LogP) is 3.41. The third-order valence-corrected chi connectivity index (χ3v) is 6.90. The van der Waals surface area contributed by atoms with Crippen LogP contribution in [0.4, 0.5) is 0 Å². The number of amides is 1. The zero-order valence-corrected chi connectivity index (χ0v) is 20.3. The number of esters is 1. The largest absolute Gasteiger partial charge is 0.468 e. The van der Waals surface area contributed by atoms with Crippen LogP contribution in [-0.2, 0) is 14.3 Å². The number of guanidine groups is 1. The van der Waals surface area contributed by atoms with Gasteiger partial charge in [-0.1, -0.05) is 91.0 Å². The van der Waals surface area contributed by atoms with Crippen LogP contribution in [0.5, 0.6) is 0 Å². The molecule has 5 rings (SSSR count). The Balaban J connectivity index is 1.37. The van der Waals surface area contributed by atoms with Crippen LogP contribution in [0.1, 0.15) is 28.8 Å². The van der Waals surface area contributed by atoms with E-state index in [-0.39, 0.29) is 11.9 Å². The smallest absolute Gasteiger partial charge is 0.320 e. The number of methoxy groups -OCH3 is 1. The fraction of sp³-hybridized carbons (Fsp3) is 0.276. The first-order valence-electron chi connectivity index (χ1n) is 12.3. The standard InChI is InChI=1S/C29H30N4O3/c1-36-28(35)24-25(21-11-5-2-6-12-21)30-29(31-27(24)34)33-19-17-32(18-20-33)26(22-13-7-3-8-14-22)23-15-9-4-10-16-23/h2-16,24-26H,17-20H2,1H3,(H,30,31,34)/t24-,25-/m0/s1. The monoisotopic (exact) mass is 482 g/mol. The lowest BCUT2D eigenvalue weighted by atomic mass is 9.91. The van der Waals surface area contributed by atoms with Crippen molar-refractivity contribution in [2.24, 2.45) is 10.9 Å². The van der Waals surface area contributed by atoms with E-state index in [2.05, 4.69) is 63.6 Å². The van der Waals surface area contributed by atoms with Gasteiger partial charge in [0.25, 0.3) is 0 Å². The van der Waals surface area contributed by atoms with E-state index in [0.717, 1.165) is 18.7 Å². The third-order valence-electron chi connectivity index (χ3n) is 6.90. The van der Waals surface area contributed by atoms with Crippen LogP contribution < -0.4 is 5.32 Å². The number of hydrogen-bond acceptors (Lipinski definition) is 6. The molecule has 184 valence electrons. The average molecular weight is 483 g/mol. The van der Waals surface area contributed by atoms with Crippen molar-refractivity contribution in [1.29, 1.82) is 0 Å². The molecule has 3 aromatic rings. The Morgan fingerprint density at radius 1 is 0.861 bits per heavy atom. The number of hydrogen-bond donors (Lipinski definition) is 1. The van der Waals surface area contributed by atoms with Crippen molar-refractivity contribution in [3.63, 3.8) is 0 Å². The number of nitrogens with zero attached hydrogens (tertiary/aromatic N) is 3. The summed E-state index contributed by atoms with van der Waals surface area (Å²) in [7, 11) is 1.30. The van der Waals surface area contributed by atoms with Gasteiger partial charge >= 0.3 is 5.97 Å². The third kappa shape index (κ3) is 4.88. The zero-order chi connectivity index (χ0) is 24.9. The Hall–Kier alpha value is -3.97. The maximum atomic E-state index is 13.0. The number of piperazine rings is 1. The molecule has 0 spiro atoms. The van der Waals surface area contributed by atoms with Crippen molar-refractivity contribution in [1.82, 2.24) is 15.1 Å². The fourth-order valence-corrected chi connectivity index (χ4v) is 5.09. The highest BCUT2D eigenvalue weighted by Gasteiger charge is 2.42. The van der Waals surface area contributed by atoms with Crippen molar-refractivity contribution in [2.45, 2.75) is 12.1 Å². The normalized spacial score (nSPS) is 20.6. The van der Waals surface area contributed by atoms with Crippen LogP contribution in [-0.4, -0.2) is 60.9 Å². The minimum atomic E-state index is -1.01. The minimum absolute atomic E-state index is 0.151. The molecule has 3 aromatic carbocycles. The molecule has 2 atom stereocenters. The predicted molar refractivity (Wildman–Crippen MR) is 138 cm³/mol.